The van der Waals surface area contributed by atoms with Crippen molar-refractivity contribution in [1.29, 1.82) is 0 Å². The third-order valence-corrected chi connectivity index (χ3v) is 5.61. The number of amides is 1. The molecule has 4 nitrogen and oxygen atoms in total. The lowest BCUT2D eigenvalue weighted by Gasteiger charge is -2.09. The highest BCUT2D eigenvalue weighted by Gasteiger charge is 2.17. The van der Waals surface area contributed by atoms with Crippen molar-refractivity contribution >= 4 is 45.0 Å². The first-order valence-corrected chi connectivity index (χ1v) is 10.6. The lowest BCUT2D eigenvalue weighted by atomic mass is 10.1. The fraction of sp³-hybridized carbons (Fsp3) is 0.0435. The number of halogens is 3. The molecular formula is C23H15BrCl2N2O2. The molecule has 0 saturated heterocycles. The predicted octanol–water partition coefficient (Wildman–Crippen LogP) is 7.01. The molecule has 4 rings (SSSR count). The van der Waals surface area contributed by atoms with Gasteiger partial charge in [0.25, 0.3) is 5.91 Å². The molecule has 0 saturated carbocycles. The highest BCUT2D eigenvalue weighted by Crippen LogP contribution is 2.29. The fourth-order valence-electron chi connectivity index (χ4n) is 2.95. The standard InChI is InChI=1S/C23H15BrCl2N2O2/c24-16-8-5-14(6-9-16)21-13-28-23(30-21)19-4-2-1-3-18(19)22(29)27-12-15-7-10-17(25)11-20(15)26/h1-11,13H,12H2,(H,27,29). The number of oxazole rings is 1. The van der Waals surface area contributed by atoms with E-state index >= 15 is 0 Å². The molecule has 1 N–H and O–H groups in total. The molecule has 0 aliphatic carbocycles. The van der Waals surface area contributed by atoms with E-state index in [0.29, 0.717) is 32.8 Å². The van der Waals surface area contributed by atoms with E-state index in [9.17, 15) is 4.79 Å². The first kappa shape index (κ1) is 20.7. The second-order valence-electron chi connectivity index (χ2n) is 6.50. The van der Waals surface area contributed by atoms with Crippen LogP contribution in [0.25, 0.3) is 22.8 Å². The zero-order valence-electron chi connectivity index (χ0n) is 15.5. The number of rotatable bonds is 5. The Morgan fingerprint density at radius 3 is 2.57 bits per heavy atom. The Balaban J connectivity index is 1.56. The van der Waals surface area contributed by atoms with Crippen LogP contribution in [0.1, 0.15) is 15.9 Å². The van der Waals surface area contributed by atoms with Gasteiger partial charge in [0, 0.05) is 32.2 Å². The van der Waals surface area contributed by atoms with E-state index in [-0.39, 0.29) is 12.5 Å². The SMILES string of the molecule is O=C(NCc1ccc(Cl)cc1Cl)c1ccccc1-c1ncc(-c2ccc(Br)cc2)o1. The van der Waals surface area contributed by atoms with Crippen molar-refractivity contribution in [3.8, 4) is 22.8 Å². The molecule has 0 aliphatic rings. The minimum Gasteiger partial charge on any atom is -0.436 e. The molecule has 0 atom stereocenters. The summed E-state index contributed by atoms with van der Waals surface area (Å²) in [4.78, 5) is 17.2. The highest BCUT2D eigenvalue weighted by molar-refractivity contribution is 9.10. The van der Waals surface area contributed by atoms with Gasteiger partial charge in [-0.25, -0.2) is 4.98 Å². The van der Waals surface area contributed by atoms with Gasteiger partial charge in [0.15, 0.2) is 5.76 Å². The van der Waals surface area contributed by atoms with E-state index in [1.807, 2.05) is 30.3 Å². The normalized spacial score (nSPS) is 10.8. The van der Waals surface area contributed by atoms with E-state index in [0.717, 1.165) is 15.6 Å². The average molecular weight is 502 g/mol. The first-order chi connectivity index (χ1) is 14.5. The topological polar surface area (TPSA) is 55.1 Å². The van der Waals surface area contributed by atoms with Crippen LogP contribution in [0.15, 0.2) is 81.8 Å². The van der Waals surface area contributed by atoms with Crippen molar-refractivity contribution in [3.05, 3.63) is 98.6 Å². The van der Waals surface area contributed by atoms with Crippen LogP contribution in [-0.4, -0.2) is 10.9 Å². The maximum Gasteiger partial charge on any atom is 0.252 e. The molecular weight excluding hydrogens is 487 g/mol. The monoisotopic (exact) mass is 500 g/mol. The van der Waals surface area contributed by atoms with Crippen molar-refractivity contribution in [2.24, 2.45) is 0 Å². The summed E-state index contributed by atoms with van der Waals surface area (Å²) in [5.74, 6) is 0.754. The molecule has 1 heterocycles. The van der Waals surface area contributed by atoms with Crippen molar-refractivity contribution in [2.45, 2.75) is 6.54 Å². The van der Waals surface area contributed by atoms with Gasteiger partial charge in [-0.1, -0.05) is 69.5 Å². The minimum atomic E-state index is -0.250. The van der Waals surface area contributed by atoms with Crippen LogP contribution in [0.2, 0.25) is 10.0 Å². The number of hydrogen-bond acceptors (Lipinski definition) is 3. The van der Waals surface area contributed by atoms with E-state index < -0.39 is 0 Å². The molecule has 0 fully saturated rings. The van der Waals surface area contributed by atoms with Crippen molar-refractivity contribution in [1.82, 2.24) is 10.3 Å². The van der Waals surface area contributed by atoms with Crippen molar-refractivity contribution in [3.63, 3.8) is 0 Å². The predicted molar refractivity (Wildman–Crippen MR) is 123 cm³/mol. The molecule has 30 heavy (non-hydrogen) atoms. The number of nitrogens with zero attached hydrogens (tertiary/aromatic N) is 1. The van der Waals surface area contributed by atoms with E-state index in [4.69, 9.17) is 27.6 Å². The summed E-state index contributed by atoms with van der Waals surface area (Å²) < 4.78 is 6.92. The summed E-state index contributed by atoms with van der Waals surface area (Å²) in [5.41, 5.74) is 2.75. The maximum atomic E-state index is 12.8. The molecule has 1 amide bonds. The van der Waals surface area contributed by atoms with Gasteiger partial charge in [0.05, 0.1) is 11.8 Å². The Labute approximate surface area is 192 Å². The van der Waals surface area contributed by atoms with Gasteiger partial charge in [0.1, 0.15) is 0 Å². The summed E-state index contributed by atoms with van der Waals surface area (Å²) >= 11 is 15.5. The summed E-state index contributed by atoms with van der Waals surface area (Å²) in [7, 11) is 0. The molecule has 7 heteroatoms. The zero-order chi connectivity index (χ0) is 21.1. The second-order valence-corrected chi connectivity index (χ2v) is 8.26. The van der Waals surface area contributed by atoms with Crippen LogP contribution in [0.4, 0.5) is 0 Å². The molecule has 3 aromatic carbocycles. The van der Waals surface area contributed by atoms with Crippen LogP contribution < -0.4 is 5.32 Å². The maximum absolute atomic E-state index is 12.8. The molecule has 0 unspecified atom stereocenters. The summed E-state index contributed by atoms with van der Waals surface area (Å²) in [5, 5.41) is 3.94. The molecule has 1 aromatic heterocycles. The summed E-state index contributed by atoms with van der Waals surface area (Å²) in [6.45, 7) is 0.277. The lowest BCUT2D eigenvalue weighted by Crippen LogP contribution is -2.23. The largest absolute Gasteiger partial charge is 0.436 e. The van der Waals surface area contributed by atoms with Crippen molar-refractivity contribution in [2.75, 3.05) is 0 Å². The van der Waals surface area contributed by atoms with Crippen molar-refractivity contribution < 1.29 is 9.21 Å². The van der Waals surface area contributed by atoms with Gasteiger partial charge in [-0.3, -0.25) is 4.79 Å². The number of nitrogens with one attached hydrogen (secondary N) is 1. The van der Waals surface area contributed by atoms with Crippen LogP contribution >= 0.6 is 39.1 Å². The van der Waals surface area contributed by atoms with Crippen LogP contribution in [0.5, 0.6) is 0 Å². The third kappa shape index (κ3) is 4.59. The molecule has 4 aromatic rings. The Morgan fingerprint density at radius 2 is 1.80 bits per heavy atom. The number of carbonyl (C=O) groups excluding carboxylic acids is 1. The van der Waals surface area contributed by atoms with E-state index in [2.05, 4.69) is 26.2 Å². The quantitative estimate of drug-likeness (QED) is 0.320. The number of aromatic nitrogens is 1. The van der Waals surface area contributed by atoms with Gasteiger partial charge in [0.2, 0.25) is 5.89 Å². The fourth-order valence-corrected chi connectivity index (χ4v) is 3.69. The van der Waals surface area contributed by atoms with Gasteiger partial charge < -0.3 is 9.73 Å². The number of benzene rings is 3. The summed E-state index contributed by atoms with van der Waals surface area (Å²) in [6.07, 6.45) is 1.65. The van der Waals surface area contributed by atoms with Gasteiger partial charge in [-0.05, 0) is 42.0 Å². The highest BCUT2D eigenvalue weighted by atomic mass is 79.9. The summed E-state index contributed by atoms with van der Waals surface area (Å²) in [6, 6.07) is 20.1. The lowest BCUT2D eigenvalue weighted by molar-refractivity contribution is 0.0951. The molecule has 0 spiro atoms. The van der Waals surface area contributed by atoms with E-state index in [1.54, 1.807) is 42.6 Å². The first-order valence-electron chi connectivity index (χ1n) is 9.04. The number of carbonyl (C=O) groups is 1. The van der Waals surface area contributed by atoms with Gasteiger partial charge >= 0.3 is 0 Å². The molecule has 150 valence electrons. The van der Waals surface area contributed by atoms with Crippen LogP contribution in [-0.2, 0) is 6.54 Å². The Bertz CT molecular complexity index is 1210. The van der Waals surface area contributed by atoms with Crippen LogP contribution in [0, 0.1) is 0 Å². The number of hydrogen-bond donors (Lipinski definition) is 1. The second kappa shape index (κ2) is 9.04. The Kier molecular flexibility index (Phi) is 6.23. The zero-order valence-corrected chi connectivity index (χ0v) is 18.6. The molecule has 0 radical (unpaired) electrons. The Hall–Kier alpha value is -2.60. The average Bonchev–Trinajstić information content (AvgIpc) is 3.23. The van der Waals surface area contributed by atoms with Crippen LogP contribution in [0.3, 0.4) is 0 Å². The third-order valence-electron chi connectivity index (χ3n) is 4.49. The molecule has 0 aliphatic heterocycles. The smallest absolute Gasteiger partial charge is 0.252 e. The van der Waals surface area contributed by atoms with Gasteiger partial charge in [-0.2, -0.15) is 0 Å². The Morgan fingerprint density at radius 1 is 1.03 bits per heavy atom. The molecule has 0 bridgehead atoms. The van der Waals surface area contributed by atoms with E-state index in [1.165, 1.54) is 0 Å². The minimum absolute atomic E-state index is 0.250. The van der Waals surface area contributed by atoms with Gasteiger partial charge in [-0.15, -0.1) is 0 Å².